The van der Waals surface area contributed by atoms with Gasteiger partial charge in [0.2, 0.25) is 5.82 Å². The van der Waals surface area contributed by atoms with E-state index in [1.165, 1.54) is 0 Å². The highest BCUT2D eigenvalue weighted by molar-refractivity contribution is 5.80. The average molecular weight is 382 g/mol. The molecule has 2 aromatic heterocycles. The number of H-pyrrole nitrogens is 1. The Morgan fingerprint density at radius 2 is 1.62 bits per heavy atom. The Morgan fingerprint density at radius 1 is 0.862 bits per heavy atom. The largest absolute Gasteiger partial charge is 0.388 e. The fraction of sp³-hybridized carbons (Fsp3) is 0.0909. The summed E-state index contributed by atoms with van der Waals surface area (Å²) in [6.07, 6.45) is 0. The molecule has 5 aromatic rings. The second kappa shape index (κ2) is 7.29. The smallest absolute Gasteiger partial charge is 0.205 e. The number of rotatable bonds is 5. The summed E-state index contributed by atoms with van der Waals surface area (Å²) in [4.78, 5) is 4.52. The highest BCUT2D eigenvalue weighted by Gasteiger charge is 2.12. The lowest BCUT2D eigenvalue weighted by Crippen LogP contribution is -2.05. The minimum Gasteiger partial charge on any atom is -0.388 e. The van der Waals surface area contributed by atoms with E-state index in [2.05, 4.69) is 54.4 Å². The number of para-hydroxylation sites is 2. The molecule has 0 radical (unpaired) electrons. The number of tetrazole rings is 1. The molecule has 0 spiro atoms. The van der Waals surface area contributed by atoms with Gasteiger partial charge in [0.1, 0.15) is 12.4 Å². The number of fused-ring (bicyclic) bond motifs is 1. The van der Waals surface area contributed by atoms with Crippen molar-refractivity contribution in [2.24, 2.45) is 0 Å². The van der Waals surface area contributed by atoms with Crippen molar-refractivity contribution in [1.82, 2.24) is 30.2 Å². The molecular weight excluding hydrogens is 364 g/mol. The molecule has 0 aliphatic heterocycles. The van der Waals surface area contributed by atoms with Gasteiger partial charge in [0.25, 0.3) is 0 Å². The molecule has 0 atom stereocenters. The minimum atomic E-state index is -0.0924. The lowest BCUT2D eigenvalue weighted by atomic mass is 9.98. The second-order valence-electron chi connectivity index (χ2n) is 6.74. The zero-order valence-electron chi connectivity index (χ0n) is 15.5. The molecule has 7 heteroatoms. The number of aromatic amines is 1. The van der Waals surface area contributed by atoms with Crippen molar-refractivity contribution in [3.05, 3.63) is 84.2 Å². The van der Waals surface area contributed by atoms with Crippen LogP contribution >= 0.6 is 0 Å². The van der Waals surface area contributed by atoms with Gasteiger partial charge in [-0.05, 0) is 34.0 Å². The van der Waals surface area contributed by atoms with E-state index in [1.807, 2.05) is 48.5 Å². The van der Waals surface area contributed by atoms with Gasteiger partial charge in [0, 0.05) is 12.1 Å². The molecule has 29 heavy (non-hydrogen) atoms. The number of hydrogen-bond acceptors (Lipinski definition) is 5. The van der Waals surface area contributed by atoms with E-state index < -0.39 is 0 Å². The van der Waals surface area contributed by atoms with E-state index in [-0.39, 0.29) is 6.61 Å². The van der Waals surface area contributed by atoms with Crippen LogP contribution in [0.3, 0.4) is 0 Å². The SMILES string of the molecule is OCc1nc2ccccc2n1Cc1ccc(-c2ccccc2-c2nn[nH]n2)cc1. The summed E-state index contributed by atoms with van der Waals surface area (Å²) in [5.41, 5.74) is 6.09. The maximum atomic E-state index is 9.71. The van der Waals surface area contributed by atoms with Crippen LogP contribution in [-0.4, -0.2) is 35.3 Å². The fourth-order valence-electron chi connectivity index (χ4n) is 3.60. The lowest BCUT2D eigenvalue weighted by Gasteiger charge is -2.10. The molecule has 0 saturated carbocycles. The van der Waals surface area contributed by atoms with E-state index in [0.29, 0.717) is 18.2 Å². The predicted octanol–water partition coefficient (Wildman–Crippen LogP) is 3.42. The quantitative estimate of drug-likeness (QED) is 0.486. The molecule has 0 unspecified atom stereocenters. The zero-order chi connectivity index (χ0) is 19.6. The average Bonchev–Trinajstić information content (AvgIpc) is 3.43. The van der Waals surface area contributed by atoms with Crippen molar-refractivity contribution in [3.8, 4) is 22.5 Å². The Balaban J connectivity index is 1.49. The monoisotopic (exact) mass is 382 g/mol. The van der Waals surface area contributed by atoms with E-state index in [9.17, 15) is 5.11 Å². The van der Waals surface area contributed by atoms with Crippen LogP contribution in [0.15, 0.2) is 72.8 Å². The van der Waals surface area contributed by atoms with Gasteiger partial charge in [-0.3, -0.25) is 0 Å². The summed E-state index contributed by atoms with van der Waals surface area (Å²) in [5.74, 6) is 1.24. The second-order valence-corrected chi connectivity index (χ2v) is 6.74. The van der Waals surface area contributed by atoms with Gasteiger partial charge in [0.15, 0.2) is 0 Å². The summed E-state index contributed by atoms with van der Waals surface area (Å²) >= 11 is 0. The first-order valence-electron chi connectivity index (χ1n) is 9.30. The van der Waals surface area contributed by atoms with Crippen molar-refractivity contribution in [2.75, 3.05) is 0 Å². The maximum absolute atomic E-state index is 9.71. The molecular formula is C22H18N6O. The predicted molar refractivity (Wildman–Crippen MR) is 110 cm³/mol. The lowest BCUT2D eigenvalue weighted by molar-refractivity contribution is 0.267. The van der Waals surface area contributed by atoms with Crippen molar-refractivity contribution < 1.29 is 5.11 Å². The summed E-state index contributed by atoms with van der Waals surface area (Å²) in [6.45, 7) is 0.550. The number of nitrogens with zero attached hydrogens (tertiary/aromatic N) is 5. The first-order chi connectivity index (χ1) is 14.3. The molecule has 3 aromatic carbocycles. The van der Waals surface area contributed by atoms with E-state index in [4.69, 9.17) is 0 Å². The Labute approximate surface area is 166 Å². The van der Waals surface area contributed by atoms with Crippen LogP contribution in [0.5, 0.6) is 0 Å². The van der Waals surface area contributed by atoms with Gasteiger partial charge in [-0.25, -0.2) is 4.98 Å². The first-order valence-corrected chi connectivity index (χ1v) is 9.30. The van der Waals surface area contributed by atoms with Crippen molar-refractivity contribution in [2.45, 2.75) is 13.2 Å². The van der Waals surface area contributed by atoms with E-state index in [1.54, 1.807) is 0 Å². The maximum Gasteiger partial charge on any atom is 0.205 e. The molecule has 0 bridgehead atoms. The van der Waals surface area contributed by atoms with Crippen LogP contribution in [0.2, 0.25) is 0 Å². The number of aliphatic hydroxyl groups is 1. The van der Waals surface area contributed by atoms with Gasteiger partial charge in [-0.1, -0.05) is 60.7 Å². The summed E-state index contributed by atoms with van der Waals surface area (Å²) in [7, 11) is 0. The number of benzene rings is 3. The molecule has 0 fully saturated rings. The van der Waals surface area contributed by atoms with Gasteiger partial charge >= 0.3 is 0 Å². The van der Waals surface area contributed by atoms with E-state index in [0.717, 1.165) is 33.3 Å². The Kier molecular flexibility index (Phi) is 4.34. The summed E-state index contributed by atoms with van der Waals surface area (Å²) < 4.78 is 2.05. The number of aromatic nitrogens is 6. The van der Waals surface area contributed by atoms with Crippen molar-refractivity contribution in [1.29, 1.82) is 0 Å². The molecule has 7 nitrogen and oxygen atoms in total. The number of nitrogens with one attached hydrogen (secondary N) is 1. The number of aliphatic hydroxyl groups excluding tert-OH is 1. The van der Waals surface area contributed by atoms with E-state index >= 15 is 0 Å². The third-order valence-electron chi connectivity index (χ3n) is 4.99. The van der Waals surface area contributed by atoms with Crippen molar-refractivity contribution in [3.63, 3.8) is 0 Å². The fourth-order valence-corrected chi connectivity index (χ4v) is 3.60. The van der Waals surface area contributed by atoms with Crippen LogP contribution < -0.4 is 0 Å². The Hall–Kier alpha value is -3.84. The van der Waals surface area contributed by atoms with Crippen LogP contribution in [0, 0.1) is 0 Å². The Bertz CT molecular complexity index is 1260. The topological polar surface area (TPSA) is 92.5 Å². The highest BCUT2D eigenvalue weighted by atomic mass is 16.3. The number of imidazole rings is 1. The highest BCUT2D eigenvalue weighted by Crippen LogP contribution is 2.30. The zero-order valence-corrected chi connectivity index (χ0v) is 15.5. The molecule has 0 aliphatic carbocycles. The third kappa shape index (κ3) is 3.17. The first kappa shape index (κ1) is 17.3. The van der Waals surface area contributed by atoms with Crippen LogP contribution in [0.1, 0.15) is 11.4 Å². The molecule has 0 aliphatic rings. The molecule has 142 valence electrons. The van der Waals surface area contributed by atoms with Crippen molar-refractivity contribution >= 4 is 11.0 Å². The minimum absolute atomic E-state index is 0.0924. The molecule has 2 heterocycles. The number of hydrogen-bond donors (Lipinski definition) is 2. The molecule has 0 amide bonds. The van der Waals surface area contributed by atoms with Gasteiger partial charge in [0.05, 0.1) is 11.0 Å². The third-order valence-corrected chi connectivity index (χ3v) is 4.99. The van der Waals surface area contributed by atoms with Crippen LogP contribution in [0.4, 0.5) is 0 Å². The van der Waals surface area contributed by atoms with Crippen LogP contribution in [0.25, 0.3) is 33.5 Å². The molecule has 5 rings (SSSR count). The Morgan fingerprint density at radius 3 is 2.38 bits per heavy atom. The standard InChI is InChI=1S/C22H18N6O/c29-14-21-23-19-7-3-4-8-20(19)28(21)13-15-9-11-16(12-10-15)17-5-1-2-6-18(17)22-24-26-27-25-22/h1-12,29H,13-14H2,(H,24,25,26,27). The normalized spacial score (nSPS) is 11.2. The van der Waals surface area contributed by atoms with Crippen LogP contribution in [-0.2, 0) is 13.2 Å². The van der Waals surface area contributed by atoms with Gasteiger partial charge < -0.3 is 9.67 Å². The van der Waals surface area contributed by atoms with Gasteiger partial charge in [-0.2, -0.15) is 5.21 Å². The summed E-state index contributed by atoms with van der Waals surface area (Å²) in [6, 6.07) is 24.3. The molecule has 0 saturated heterocycles. The molecule has 2 N–H and O–H groups in total. The summed E-state index contributed by atoms with van der Waals surface area (Å²) in [5, 5.41) is 24.1. The van der Waals surface area contributed by atoms with Gasteiger partial charge in [-0.15, -0.1) is 10.2 Å².